The van der Waals surface area contributed by atoms with Crippen LogP contribution in [0.15, 0.2) is 78.9 Å². The summed E-state index contributed by atoms with van der Waals surface area (Å²) in [5.74, 6) is 1.03. The van der Waals surface area contributed by atoms with Gasteiger partial charge in [0, 0.05) is 12.1 Å². The van der Waals surface area contributed by atoms with Crippen LogP contribution >= 0.6 is 0 Å². The maximum atomic E-state index is 4.93. The highest BCUT2D eigenvalue weighted by atomic mass is 15.1. The fourth-order valence-electron chi connectivity index (χ4n) is 3.39. The van der Waals surface area contributed by atoms with Crippen LogP contribution in [0.1, 0.15) is 16.7 Å². The van der Waals surface area contributed by atoms with Crippen LogP contribution in [0.25, 0.3) is 28.5 Å². The van der Waals surface area contributed by atoms with Crippen molar-refractivity contribution in [3.05, 3.63) is 95.6 Å². The smallest absolute Gasteiger partial charge is 0.141 e. The molecule has 0 bridgehead atoms. The van der Waals surface area contributed by atoms with Gasteiger partial charge in [0.2, 0.25) is 0 Å². The highest BCUT2D eigenvalue weighted by molar-refractivity contribution is 5.81. The van der Waals surface area contributed by atoms with Crippen LogP contribution in [0, 0.1) is 13.8 Å². The van der Waals surface area contributed by atoms with Crippen molar-refractivity contribution in [1.82, 2.24) is 9.55 Å². The largest absolute Gasteiger partial charge is 0.320 e. The molecule has 0 spiro atoms. The van der Waals surface area contributed by atoms with Gasteiger partial charge in [-0.05, 0) is 37.1 Å². The molecule has 2 nitrogen and oxygen atoms in total. The van der Waals surface area contributed by atoms with Crippen LogP contribution < -0.4 is 0 Å². The number of benzene rings is 3. The van der Waals surface area contributed by atoms with E-state index in [0.29, 0.717) is 0 Å². The number of aromatic nitrogens is 2. The molecule has 1 aromatic heterocycles. The van der Waals surface area contributed by atoms with E-state index in [1.54, 1.807) is 0 Å². The summed E-state index contributed by atoms with van der Waals surface area (Å²) in [6.07, 6.45) is 4.37. The Kier molecular flexibility index (Phi) is 4.40. The molecule has 3 aromatic carbocycles. The standard InChI is InChI=1S/C24H22N2/c1-18-14-15-21(19(2)17-18)24-25-22-12-6-7-13-23(22)26(24)16-8-11-20-9-4-3-5-10-20/h3-15,17H,16H2,1-2H3/b11-8+. The summed E-state index contributed by atoms with van der Waals surface area (Å²) in [5, 5.41) is 0. The zero-order valence-electron chi connectivity index (χ0n) is 15.2. The molecule has 0 N–H and O–H groups in total. The fourth-order valence-corrected chi connectivity index (χ4v) is 3.39. The number of aryl methyl sites for hydroxylation is 2. The third-order valence-corrected chi connectivity index (χ3v) is 4.68. The van der Waals surface area contributed by atoms with Crippen molar-refractivity contribution < 1.29 is 0 Å². The SMILES string of the molecule is Cc1ccc(-c2nc3ccccc3n2C/C=C/c2ccccc2)c(C)c1. The molecule has 0 saturated heterocycles. The molecule has 2 heteroatoms. The molecule has 0 aliphatic carbocycles. The molecule has 0 amide bonds. The summed E-state index contributed by atoms with van der Waals surface area (Å²) < 4.78 is 2.30. The van der Waals surface area contributed by atoms with Crippen LogP contribution in [-0.2, 0) is 6.54 Å². The van der Waals surface area contributed by atoms with Crippen molar-refractivity contribution in [2.24, 2.45) is 0 Å². The van der Waals surface area contributed by atoms with Gasteiger partial charge in [0.15, 0.2) is 0 Å². The Labute approximate surface area is 154 Å². The summed E-state index contributed by atoms with van der Waals surface area (Å²) in [6.45, 7) is 5.08. The van der Waals surface area contributed by atoms with E-state index in [1.165, 1.54) is 27.8 Å². The van der Waals surface area contributed by atoms with E-state index >= 15 is 0 Å². The van der Waals surface area contributed by atoms with Crippen molar-refractivity contribution in [1.29, 1.82) is 0 Å². The first kappa shape index (κ1) is 16.3. The van der Waals surface area contributed by atoms with Gasteiger partial charge in [-0.15, -0.1) is 0 Å². The fraction of sp³-hybridized carbons (Fsp3) is 0.125. The van der Waals surface area contributed by atoms with Crippen LogP contribution in [0.3, 0.4) is 0 Å². The Bertz CT molecular complexity index is 1070. The summed E-state index contributed by atoms with van der Waals surface area (Å²) in [6, 6.07) is 25.3. The number of nitrogens with zero attached hydrogens (tertiary/aromatic N) is 2. The van der Waals surface area contributed by atoms with E-state index < -0.39 is 0 Å². The molecule has 0 aliphatic rings. The monoisotopic (exact) mass is 338 g/mol. The van der Waals surface area contributed by atoms with Gasteiger partial charge in [-0.3, -0.25) is 0 Å². The first-order valence-corrected chi connectivity index (χ1v) is 8.97. The second-order valence-electron chi connectivity index (χ2n) is 6.67. The quantitative estimate of drug-likeness (QED) is 0.444. The number of hydrogen-bond donors (Lipinski definition) is 0. The lowest BCUT2D eigenvalue weighted by Gasteiger charge is -2.10. The summed E-state index contributed by atoms with van der Waals surface area (Å²) in [7, 11) is 0. The average molecular weight is 338 g/mol. The summed E-state index contributed by atoms with van der Waals surface area (Å²) in [5.41, 5.74) is 7.15. The molecule has 0 radical (unpaired) electrons. The molecule has 0 unspecified atom stereocenters. The molecule has 4 rings (SSSR count). The highest BCUT2D eigenvalue weighted by Crippen LogP contribution is 2.28. The third-order valence-electron chi connectivity index (χ3n) is 4.68. The lowest BCUT2D eigenvalue weighted by molar-refractivity contribution is 0.862. The number of para-hydroxylation sites is 2. The van der Waals surface area contributed by atoms with Crippen LogP contribution in [0.2, 0.25) is 0 Å². The van der Waals surface area contributed by atoms with Crippen molar-refractivity contribution >= 4 is 17.1 Å². The first-order valence-electron chi connectivity index (χ1n) is 8.97. The molecule has 0 saturated carbocycles. The number of fused-ring (bicyclic) bond motifs is 1. The highest BCUT2D eigenvalue weighted by Gasteiger charge is 2.13. The number of hydrogen-bond acceptors (Lipinski definition) is 1. The Morgan fingerprint density at radius 1 is 0.885 bits per heavy atom. The van der Waals surface area contributed by atoms with Gasteiger partial charge in [-0.1, -0.05) is 78.4 Å². The predicted octanol–water partition coefficient (Wildman–Crippen LogP) is 6.03. The molecule has 128 valence electrons. The second-order valence-corrected chi connectivity index (χ2v) is 6.67. The molecule has 0 fully saturated rings. The topological polar surface area (TPSA) is 17.8 Å². The molecule has 1 heterocycles. The van der Waals surface area contributed by atoms with Crippen LogP contribution in [-0.4, -0.2) is 9.55 Å². The molecule has 26 heavy (non-hydrogen) atoms. The van der Waals surface area contributed by atoms with E-state index in [-0.39, 0.29) is 0 Å². The van der Waals surface area contributed by atoms with E-state index in [0.717, 1.165) is 17.9 Å². The molecular weight excluding hydrogens is 316 g/mol. The van der Waals surface area contributed by atoms with Crippen LogP contribution in [0.5, 0.6) is 0 Å². The maximum absolute atomic E-state index is 4.93. The van der Waals surface area contributed by atoms with E-state index in [4.69, 9.17) is 4.98 Å². The van der Waals surface area contributed by atoms with Crippen molar-refractivity contribution in [2.45, 2.75) is 20.4 Å². The van der Waals surface area contributed by atoms with Gasteiger partial charge in [-0.25, -0.2) is 4.98 Å². The van der Waals surface area contributed by atoms with Gasteiger partial charge < -0.3 is 4.57 Å². The van der Waals surface area contributed by atoms with E-state index in [1.807, 2.05) is 12.1 Å². The average Bonchev–Trinajstić information content (AvgIpc) is 3.01. The molecular formula is C24H22N2. The number of rotatable bonds is 4. The number of allylic oxidation sites excluding steroid dienone is 1. The van der Waals surface area contributed by atoms with Gasteiger partial charge >= 0.3 is 0 Å². The van der Waals surface area contributed by atoms with Gasteiger partial charge in [0.05, 0.1) is 11.0 Å². The molecule has 0 aliphatic heterocycles. The summed E-state index contributed by atoms with van der Waals surface area (Å²) >= 11 is 0. The number of imidazole rings is 1. The van der Waals surface area contributed by atoms with Crippen molar-refractivity contribution in [2.75, 3.05) is 0 Å². The first-order chi connectivity index (χ1) is 12.7. The summed E-state index contributed by atoms with van der Waals surface area (Å²) in [4.78, 5) is 4.93. The second kappa shape index (κ2) is 7.01. The Morgan fingerprint density at radius 3 is 2.46 bits per heavy atom. The zero-order valence-corrected chi connectivity index (χ0v) is 15.2. The lowest BCUT2D eigenvalue weighted by atomic mass is 10.1. The Morgan fingerprint density at radius 2 is 1.65 bits per heavy atom. The van der Waals surface area contributed by atoms with Crippen LogP contribution in [0.4, 0.5) is 0 Å². The lowest BCUT2D eigenvalue weighted by Crippen LogP contribution is -2.00. The Hall–Kier alpha value is -3.13. The predicted molar refractivity (Wildman–Crippen MR) is 110 cm³/mol. The minimum Gasteiger partial charge on any atom is -0.320 e. The maximum Gasteiger partial charge on any atom is 0.141 e. The zero-order chi connectivity index (χ0) is 17.9. The molecule has 4 aromatic rings. The van der Waals surface area contributed by atoms with Crippen molar-refractivity contribution in [3.8, 4) is 11.4 Å². The van der Waals surface area contributed by atoms with Gasteiger partial charge in [-0.2, -0.15) is 0 Å². The van der Waals surface area contributed by atoms with E-state index in [9.17, 15) is 0 Å². The minimum atomic E-state index is 0.790. The normalized spacial score (nSPS) is 11.5. The van der Waals surface area contributed by atoms with E-state index in [2.05, 4.69) is 91.2 Å². The van der Waals surface area contributed by atoms with Gasteiger partial charge in [0.25, 0.3) is 0 Å². The molecule has 0 atom stereocenters. The minimum absolute atomic E-state index is 0.790. The van der Waals surface area contributed by atoms with Gasteiger partial charge in [0.1, 0.15) is 5.82 Å². The Balaban J connectivity index is 1.78. The van der Waals surface area contributed by atoms with Crippen molar-refractivity contribution in [3.63, 3.8) is 0 Å². The third kappa shape index (κ3) is 3.18.